The SMILES string of the molecule is COC(COc1ccc(C(C)=O)c(N)c1Cl)OC.COC(COc1ccc(C(C)=O)c(NC(=O)C2CCCCC2)c1Cl)OC.COC(COc1ccc2c(=O)cc(C3CCCCC3)[nH]c2c1Cl)OC.O=C(Cl)C1CCCCC1. The summed E-state index contributed by atoms with van der Waals surface area (Å²) in [6.07, 6.45) is 15.0. The molecule has 3 saturated carbocycles. The summed E-state index contributed by atoms with van der Waals surface area (Å²) < 4.78 is 47.1. The van der Waals surface area contributed by atoms with Crippen LogP contribution in [0.5, 0.6) is 17.2 Å². The molecular formula is C57H77Cl4N3O14. The number of nitrogens with one attached hydrogen (secondary N) is 2. The second-order valence-electron chi connectivity index (χ2n) is 19.1. The minimum absolute atomic E-state index is 0.00515. The zero-order valence-corrected chi connectivity index (χ0v) is 49.1. The Labute approximate surface area is 478 Å². The van der Waals surface area contributed by atoms with Gasteiger partial charge in [0.2, 0.25) is 11.1 Å². The molecule has 4 N–H and O–H groups in total. The van der Waals surface area contributed by atoms with Crippen LogP contribution in [0.15, 0.2) is 47.3 Å². The molecule has 0 unspecified atom stereocenters. The number of Topliss-reactive ketones (excluding diaryl/α,β-unsaturated/α-hetero) is 2. The Morgan fingerprint density at radius 3 is 1.42 bits per heavy atom. The molecule has 3 fully saturated rings. The highest BCUT2D eigenvalue weighted by Gasteiger charge is 2.26. The maximum Gasteiger partial charge on any atom is 0.227 e. The van der Waals surface area contributed by atoms with E-state index in [0.717, 1.165) is 63.5 Å². The number of methoxy groups -OCH3 is 6. The molecule has 432 valence electrons. The second-order valence-corrected chi connectivity index (χ2v) is 20.6. The molecule has 7 rings (SSSR count). The summed E-state index contributed by atoms with van der Waals surface area (Å²) in [5.41, 5.74) is 8.63. The van der Waals surface area contributed by atoms with Gasteiger partial charge in [-0.25, -0.2) is 0 Å². The van der Waals surface area contributed by atoms with Gasteiger partial charge in [0.1, 0.15) is 52.1 Å². The molecule has 3 aliphatic rings. The minimum Gasteiger partial charge on any atom is -0.487 e. The number of halogens is 4. The lowest BCUT2D eigenvalue weighted by molar-refractivity contribution is -0.122. The topological polar surface area (TPSA) is 222 Å². The van der Waals surface area contributed by atoms with Crippen LogP contribution in [0.3, 0.4) is 0 Å². The van der Waals surface area contributed by atoms with E-state index < -0.39 is 18.9 Å². The van der Waals surface area contributed by atoms with Gasteiger partial charge in [-0.05, 0) is 106 Å². The Hall–Kier alpha value is -4.53. The molecule has 78 heavy (non-hydrogen) atoms. The fraction of sp³-hybridized carbons (Fsp3) is 0.561. The van der Waals surface area contributed by atoms with Gasteiger partial charge in [-0.2, -0.15) is 0 Å². The van der Waals surface area contributed by atoms with Gasteiger partial charge in [-0.3, -0.25) is 24.0 Å². The Morgan fingerprint density at radius 1 is 0.577 bits per heavy atom. The summed E-state index contributed by atoms with van der Waals surface area (Å²) in [7, 11) is 9.13. The van der Waals surface area contributed by atoms with Crippen molar-refractivity contribution in [2.45, 2.75) is 135 Å². The first-order chi connectivity index (χ1) is 37.4. The summed E-state index contributed by atoms with van der Waals surface area (Å²) in [4.78, 5) is 62.3. The molecule has 1 aromatic heterocycles. The van der Waals surface area contributed by atoms with Crippen molar-refractivity contribution in [1.82, 2.24) is 4.98 Å². The molecule has 17 nitrogen and oxygen atoms in total. The number of fused-ring (bicyclic) bond motifs is 1. The summed E-state index contributed by atoms with van der Waals surface area (Å²) in [5.74, 6) is 1.36. The molecule has 0 bridgehead atoms. The average molecular weight is 1170 g/mol. The number of carbonyl (C=O) groups is 4. The van der Waals surface area contributed by atoms with Gasteiger partial charge in [-0.1, -0.05) is 92.6 Å². The quantitative estimate of drug-likeness (QED) is 0.0305. The minimum atomic E-state index is -0.543. The van der Waals surface area contributed by atoms with Gasteiger partial charge in [0, 0.05) is 82.8 Å². The number of carbonyl (C=O) groups excluding carboxylic acids is 4. The number of hydrogen-bond acceptors (Lipinski definition) is 15. The van der Waals surface area contributed by atoms with Crippen molar-refractivity contribution in [3.05, 3.63) is 84.6 Å². The van der Waals surface area contributed by atoms with Crippen LogP contribution in [0.1, 0.15) is 142 Å². The number of ketones is 2. The molecule has 0 aliphatic heterocycles. The van der Waals surface area contributed by atoms with Gasteiger partial charge in [0.05, 0.1) is 16.9 Å². The van der Waals surface area contributed by atoms with Crippen LogP contribution in [0.2, 0.25) is 15.1 Å². The first-order valence-corrected chi connectivity index (χ1v) is 27.8. The number of H-pyrrole nitrogens is 1. The molecule has 0 spiro atoms. The monoisotopic (exact) mass is 1170 g/mol. The highest BCUT2D eigenvalue weighted by molar-refractivity contribution is 6.64. The average Bonchev–Trinajstić information content (AvgIpc) is 3.47. The van der Waals surface area contributed by atoms with Crippen LogP contribution in [0.25, 0.3) is 10.9 Å². The fourth-order valence-electron chi connectivity index (χ4n) is 9.19. The predicted molar refractivity (Wildman–Crippen MR) is 305 cm³/mol. The van der Waals surface area contributed by atoms with Crippen molar-refractivity contribution >= 4 is 91.4 Å². The Morgan fingerprint density at radius 2 is 0.987 bits per heavy atom. The molecule has 0 atom stereocenters. The number of ether oxygens (including phenoxy) is 9. The van der Waals surface area contributed by atoms with E-state index in [-0.39, 0.29) is 75.5 Å². The van der Waals surface area contributed by atoms with Crippen molar-refractivity contribution < 1.29 is 61.8 Å². The number of rotatable bonds is 21. The normalized spacial score (nSPS) is 15.1. The third kappa shape index (κ3) is 19.9. The Balaban J connectivity index is 0.000000236. The van der Waals surface area contributed by atoms with Crippen molar-refractivity contribution in [2.75, 3.05) is 73.5 Å². The van der Waals surface area contributed by atoms with Crippen molar-refractivity contribution in [3.8, 4) is 17.2 Å². The largest absolute Gasteiger partial charge is 0.487 e. The molecule has 0 radical (unpaired) electrons. The number of pyridine rings is 1. The van der Waals surface area contributed by atoms with Gasteiger partial charge in [0.25, 0.3) is 0 Å². The lowest BCUT2D eigenvalue weighted by atomic mass is 9.86. The second kappa shape index (κ2) is 34.6. The van der Waals surface area contributed by atoms with E-state index in [4.69, 9.17) is 94.8 Å². The Bertz CT molecular complexity index is 2610. The van der Waals surface area contributed by atoms with E-state index >= 15 is 0 Å². The molecule has 21 heteroatoms. The van der Waals surface area contributed by atoms with E-state index in [0.29, 0.717) is 55.9 Å². The number of nitrogen functional groups attached to an aromatic ring is 1. The number of benzene rings is 3. The predicted octanol–water partition coefficient (Wildman–Crippen LogP) is 12.7. The molecule has 0 saturated heterocycles. The van der Waals surface area contributed by atoms with E-state index in [1.54, 1.807) is 56.7 Å². The first kappa shape index (κ1) is 66.0. The lowest BCUT2D eigenvalue weighted by Crippen LogP contribution is -2.26. The molecular weight excluding hydrogens is 1090 g/mol. The van der Waals surface area contributed by atoms with E-state index in [2.05, 4.69) is 10.3 Å². The maximum absolute atomic E-state index is 12.6. The third-order valence-corrected chi connectivity index (χ3v) is 15.3. The summed E-state index contributed by atoms with van der Waals surface area (Å²) in [6, 6.07) is 11.6. The number of nitrogens with two attached hydrogens (primary N) is 1. The summed E-state index contributed by atoms with van der Waals surface area (Å²) in [5, 5.41) is 4.13. The van der Waals surface area contributed by atoms with E-state index in [9.17, 15) is 24.0 Å². The lowest BCUT2D eigenvalue weighted by Gasteiger charge is -2.22. The number of anilines is 2. The standard InChI is InChI=1S/C19H26ClNO5.C19H24ClNO4.C12H16ClNO4.C7H11ClO/c1-12(22)14-9-10-15(26-11-16(24-2)25-3)17(20)18(14)21-19(23)13-7-5-4-6-8-13;1-23-17(24-2)11-25-16-9-8-13-15(22)10-14(21-19(13)18(16)20)12-6-4-3-5-7-12;1-7(15)8-4-5-9(11(13)12(8)14)18-6-10(16-2)17-3;8-7(9)6-4-2-1-3-5-6/h9-10,13,16H,4-8,11H2,1-3H3,(H,21,23);8-10,12,17H,3-7,11H2,1-2H3,(H,21,22);4-5,10H,6,14H2,1-3H3;6H,1-5H2. The molecule has 4 aromatic rings. The maximum atomic E-state index is 12.6. The molecule has 1 heterocycles. The van der Waals surface area contributed by atoms with Gasteiger partial charge >= 0.3 is 0 Å². The third-order valence-electron chi connectivity index (χ3n) is 13.8. The molecule has 3 aliphatic carbocycles. The van der Waals surface area contributed by atoms with Gasteiger partial charge in [0.15, 0.2) is 35.9 Å². The van der Waals surface area contributed by atoms with Gasteiger partial charge < -0.3 is 58.7 Å². The van der Waals surface area contributed by atoms with Crippen LogP contribution < -0.4 is 30.7 Å². The van der Waals surface area contributed by atoms with Gasteiger partial charge in [-0.15, -0.1) is 0 Å². The van der Waals surface area contributed by atoms with Crippen molar-refractivity contribution in [1.29, 1.82) is 0 Å². The fourth-order valence-corrected chi connectivity index (χ4v) is 10.2. The smallest absolute Gasteiger partial charge is 0.227 e. The highest BCUT2D eigenvalue weighted by atomic mass is 35.5. The van der Waals surface area contributed by atoms with Crippen molar-refractivity contribution in [3.63, 3.8) is 0 Å². The van der Waals surface area contributed by atoms with Crippen LogP contribution in [-0.2, 0) is 38.0 Å². The Kier molecular flexibility index (Phi) is 29.3. The van der Waals surface area contributed by atoms with Crippen molar-refractivity contribution in [2.24, 2.45) is 11.8 Å². The molecule has 1 amide bonds. The number of aromatic nitrogens is 1. The number of hydrogen-bond donors (Lipinski definition) is 3. The zero-order valence-electron chi connectivity index (χ0n) is 46.0. The highest BCUT2D eigenvalue weighted by Crippen LogP contribution is 2.38. The number of aromatic amines is 1. The van der Waals surface area contributed by atoms with Crippen LogP contribution in [0.4, 0.5) is 11.4 Å². The molecule has 3 aromatic carbocycles. The first-order valence-electron chi connectivity index (χ1n) is 26.3. The summed E-state index contributed by atoms with van der Waals surface area (Å²) >= 11 is 24.3. The number of amides is 1. The van der Waals surface area contributed by atoms with Crippen LogP contribution in [-0.4, -0.2) is 109 Å². The van der Waals surface area contributed by atoms with E-state index in [1.807, 2.05) is 0 Å². The van der Waals surface area contributed by atoms with Crippen LogP contribution in [0, 0.1) is 11.8 Å². The van der Waals surface area contributed by atoms with E-state index in [1.165, 1.54) is 80.8 Å². The van der Waals surface area contributed by atoms with Crippen LogP contribution >= 0.6 is 46.4 Å². The zero-order chi connectivity index (χ0) is 57.3. The summed E-state index contributed by atoms with van der Waals surface area (Å²) in [6.45, 7) is 3.38.